The smallest absolute Gasteiger partial charge is 0.315 e. The zero-order valence-electron chi connectivity index (χ0n) is 11.0. The third-order valence-electron chi connectivity index (χ3n) is 2.75. The molecule has 18 heavy (non-hydrogen) atoms. The molecule has 0 aliphatic rings. The molecule has 0 fully saturated rings. The first-order chi connectivity index (χ1) is 8.32. The molecule has 1 amide bonds. The molecule has 1 aromatic rings. The van der Waals surface area contributed by atoms with E-state index in [1.807, 2.05) is 38.1 Å². The lowest BCUT2D eigenvalue weighted by Crippen LogP contribution is -2.27. The van der Waals surface area contributed by atoms with Crippen molar-refractivity contribution in [3.05, 3.63) is 23.8 Å². The zero-order valence-corrected chi connectivity index (χ0v) is 11.0. The van der Waals surface area contributed by atoms with Crippen molar-refractivity contribution in [2.24, 2.45) is 5.92 Å². The van der Waals surface area contributed by atoms with E-state index in [1.165, 1.54) is 6.92 Å². The highest BCUT2D eigenvalue weighted by molar-refractivity contribution is 6.04. The average molecular weight is 250 g/mol. The maximum Gasteiger partial charge on any atom is 0.315 e. The van der Waals surface area contributed by atoms with Gasteiger partial charge >= 0.3 is 5.97 Å². The van der Waals surface area contributed by atoms with E-state index in [-0.39, 0.29) is 0 Å². The zero-order chi connectivity index (χ0) is 13.9. The molecule has 0 aromatic heterocycles. The van der Waals surface area contributed by atoms with Crippen molar-refractivity contribution in [1.82, 2.24) is 0 Å². The SMILES string of the molecule is Cc1cc(N(C)C)ccc1NC(=O)C(C)C(=O)O. The Hall–Kier alpha value is -2.04. The first kappa shape index (κ1) is 14.0. The van der Waals surface area contributed by atoms with Crippen LogP contribution in [0.3, 0.4) is 0 Å². The summed E-state index contributed by atoms with van der Waals surface area (Å²) in [6, 6.07) is 5.58. The molecular weight excluding hydrogens is 232 g/mol. The molecule has 1 atom stereocenters. The van der Waals surface area contributed by atoms with E-state index in [2.05, 4.69) is 5.32 Å². The number of nitrogens with zero attached hydrogens (tertiary/aromatic N) is 1. The normalized spacial score (nSPS) is 11.8. The molecule has 0 aliphatic heterocycles. The van der Waals surface area contributed by atoms with Crippen LogP contribution in [0.25, 0.3) is 0 Å². The molecule has 98 valence electrons. The van der Waals surface area contributed by atoms with Gasteiger partial charge in [0.15, 0.2) is 0 Å². The summed E-state index contributed by atoms with van der Waals surface area (Å²) < 4.78 is 0. The second kappa shape index (κ2) is 5.53. The van der Waals surface area contributed by atoms with Gasteiger partial charge in [-0.05, 0) is 37.6 Å². The van der Waals surface area contributed by atoms with Crippen molar-refractivity contribution < 1.29 is 14.7 Å². The van der Waals surface area contributed by atoms with Crippen LogP contribution in [-0.2, 0) is 9.59 Å². The Kier molecular flexibility index (Phi) is 4.31. The fraction of sp³-hybridized carbons (Fsp3) is 0.385. The second-order valence-electron chi connectivity index (χ2n) is 4.44. The Balaban J connectivity index is 2.86. The number of hydrogen-bond acceptors (Lipinski definition) is 3. The van der Waals surface area contributed by atoms with Crippen LogP contribution in [0.5, 0.6) is 0 Å². The molecule has 1 aromatic carbocycles. The number of hydrogen-bond donors (Lipinski definition) is 2. The van der Waals surface area contributed by atoms with E-state index < -0.39 is 17.8 Å². The van der Waals surface area contributed by atoms with Crippen molar-refractivity contribution in [1.29, 1.82) is 0 Å². The molecule has 0 aliphatic carbocycles. The number of amides is 1. The Morgan fingerprint density at radius 2 is 1.94 bits per heavy atom. The molecule has 0 saturated carbocycles. The van der Waals surface area contributed by atoms with E-state index in [0.717, 1.165) is 11.3 Å². The number of carbonyl (C=O) groups excluding carboxylic acids is 1. The third-order valence-corrected chi connectivity index (χ3v) is 2.75. The van der Waals surface area contributed by atoms with Crippen LogP contribution in [0.1, 0.15) is 12.5 Å². The molecule has 0 spiro atoms. The molecule has 2 N–H and O–H groups in total. The molecule has 1 rings (SSSR count). The van der Waals surface area contributed by atoms with Gasteiger partial charge in [-0.2, -0.15) is 0 Å². The predicted octanol–water partition coefficient (Wildman–Crippen LogP) is 1.72. The van der Waals surface area contributed by atoms with E-state index in [0.29, 0.717) is 5.69 Å². The molecule has 0 saturated heterocycles. The summed E-state index contributed by atoms with van der Waals surface area (Å²) in [6.45, 7) is 3.23. The Morgan fingerprint density at radius 1 is 1.33 bits per heavy atom. The van der Waals surface area contributed by atoms with Gasteiger partial charge in [-0.25, -0.2) is 0 Å². The summed E-state index contributed by atoms with van der Waals surface area (Å²) in [7, 11) is 3.86. The summed E-state index contributed by atoms with van der Waals surface area (Å²) in [6.07, 6.45) is 0. The van der Waals surface area contributed by atoms with Crippen LogP contribution in [0, 0.1) is 12.8 Å². The Bertz CT molecular complexity index is 469. The lowest BCUT2D eigenvalue weighted by atomic mass is 10.1. The Morgan fingerprint density at radius 3 is 2.39 bits per heavy atom. The minimum absolute atomic E-state index is 0.511. The fourth-order valence-corrected chi connectivity index (χ4v) is 1.42. The van der Waals surface area contributed by atoms with Crippen LogP contribution in [0.4, 0.5) is 11.4 Å². The molecular formula is C13H18N2O3. The molecule has 0 radical (unpaired) electrons. The van der Waals surface area contributed by atoms with Crippen molar-refractivity contribution in [3.8, 4) is 0 Å². The van der Waals surface area contributed by atoms with Gasteiger partial charge in [0.1, 0.15) is 5.92 Å². The minimum atomic E-state index is -1.13. The highest BCUT2D eigenvalue weighted by atomic mass is 16.4. The van der Waals surface area contributed by atoms with Crippen LogP contribution in [0.2, 0.25) is 0 Å². The van der Waals surface area contributed by atoms with Gasteiger partial charge in [-0.15, -0.1) is 0 Å². The van der Waals surface area contributed by atoms with E-state index >= 15 is 0 Å². The van der Waals surface area contributed by atoms with Gasteiger partial charge in [0.05, 0.1) is 0 Å². The highest BCUT2D eigenvalue weighted by Gasteiger charge is 2.20. The fourth-order valence-electron chi connectivity index (χ4n) is 1.42. The van der Waals surface area contributed by atoms with Crippen LogP contribution >= 0.6 is 0 Å². The molecule has 5 heteroatoms. The van der Waals surface area contributed by atoms with Gasteiger partial charge in [0.25, 0.3) is 0 Å². The van der Waals surface area contributed by atoms with Crippen molar-refractivity contribution in [2.75, 3.05) is 24.3 Å². The maximum atomic E-state index is 11.6. The lowest BCUT2D eigenvalue weighted by Gasteiger charge is -2.16. The standard InChI is InChI=1S/C13H18N2O3/c1-8-7-10(15(3)4)5-6-11(8)14-12(16)9(2)13(17)18/h5-7,9H,1-4H3,(H,14,16)(H,17,18). The van der Waals surface area contributed by atoms with Crippen molar-refractivity contribution in [3.63, 3.8) is 0 Å². The number of rotatable bonds is 4. The number of carboxylic acids is 1. The maximum absolute atomic E-state index is 11.6. The topological polar surface area (TPSA) is 69.6 Å². The van der Waals surface area contributed by atoms with Gasteiger partial charge in [-0.1, -0.05) is 0 Å². The number of nitrogens with one attached hydrogen (secondary N) is 1. The molecule has 5 nitrogen and oxygen atoms in total. The van der Waals surface area contributed by atoms with Crippen LogP contribution < -0.4 is 10.2 Å². The molecule has 1 unspecified atom stereocenters. The summed E-state index contributed by atoms with van der Waals surface area (Å²) in [5.74, 6) is -2.70. The Labute approximate surface area is 106 Å². The quantitative estimate of drug-likeness (QED) is 0.798. The summed E-state index contributed by atoms with van der Waals surface area (Å²) in [5, 5.41) is 11.4. The third kappa shape index (κ3) is 3.23. The van der Waals surface area contributed by atoms with Crippen LogP contribution in [0.15, 0.2) is 18.2 Å². The van der Waals surface area contributed by atoms with Crippen molar-refractivity contribution >= 4 is 23.3 Å². The summed E-state index contributed by atoms with van der Waals surface area (Å²) in [5.41, 5.74) is 2.56. The van der Waals surface area contributed by atoms with Crippen molar-refractivity contribution in [2.45, 2.75) is 13.8 Å². The highest BCUT2D eigenvalue weighted by Crippen LogP contribution is 2.21. The number of aryl methyl sites for hydroxylation is 1. The largest absolute Gasteiger partial charge is 0.481 e. The number of carbonyl (C=O) groups is 2. The lowest BCUT2D eigenvalue weighted by molar-refractivity contribution is -0.144. The summed E-state index contributed by atoms with van der Waals surface area (Å²) >= 11 is 0. The minimum Gasteiger partial charge on any atom is -0.481 e. The van der Waals surface area contributed by atoms with E-state index in [4.69, 9.17) is 5.11 Å². The van der Waals surface area contributed by atoms with E-state index in [9.17, 15) is 9.59 Å². The number of carboxylic acid groups (broad SMARTS) is 1. The molecule has 0 bridgehead atoms. The van der Waals surface area contributed by atoms with Gasteiger partial charge < -0.3 is 15.3 Å². The second-order valence-corrected chi connectivity index (χ2v) is 4.44. The number of anilines is 2. The van der Waals surface area contributed by atoms with Gasteiger partial charge in [0.2, 0.25) is 5.91 Å². The van der Waals surface area contributed by atoms with Crippen LogP contribution in [-0.4, -0.2) is 31.1 Å². The molecule has 0 heterocycles. The monoisotopic (exact) mass is 250 g/mol. The van der Waals surface area contributed by atoms with Gasteiger partial charge in [0, 0.05) is 25.5 Å². The average Bonchev–Trinajstić information content (AvgIpc) is 2.30. The predicted molar refractivity (Wildman–Crippen MR) is 70.9 cm³/mol. The van der Waals surface area contributed by atoms with Gasteiger partial charge in [-0.3, -0.25) is 9.59 Å². The first-order valence-electron chi connectivity index (χ1n) is 5.64. The number of aliphatic carboxylic acids is 1. The van der Waals surface area contributed by atoms with E-state index in [1.54, 1.807) is 6.07 Å². The summed E-state index contributed by atoms with van der Waals surface area (Å²) in [4.78, 5) is 24.3. The number of benzene rings is 1. The first-order valence-corrected chi connectivity index (χ1v) is 5.64.